The molecule has 1 heterocycles. The summed E-state index contributed by atoms with van der Waals surface area (Å²) in [6.07, 6.45) is 5.99. The van der Waals surface area contributed by atoms with Crippen LogP contribution in [-0.4, -0.2) is 6.04 Å². The number of nitrogens with one attached hydrogen (secondary N) is 1. The summed E-state index contributed by atoms with van der Waals surface area (Å²) < 4.78 is 0. The van der Waals surface area contributed by atoms with Crippen molar-refractivity contribution in [1.82, 2.24) is 5.32 Å². The lowest BCUT2D eigenvalue weighted by molar-refractivity contribution is 0.394. The SMILES string of the molecule is N#CC1CCCCCC1NCc1ccsc1. The average molecular weight is 234 g/mol. The van der Waals surface area contributed by atoms with E-state index in [0.29, 0.717) is 6.04 Å². The average Bonchev–Trinajstić information content (AvgIpc) is 2.71. The molecule has 2 unspecified atom stereocenters. The van der Waals surface area contributed by atoms with E-state index >= 15 is 0 Å². The summed E-state index contributed by atoms with van der Waals surface area (Å²) in [7, 11) is 0. The molecule has 0 saturated heterocycles. The van der Waals surface area contributed by atoms with Crippen LogP contribution in [0.3, 0.4) is 0 Å². The molecule has 1 aromatic rings. The Kier molecular flexibility index (Phi) is 4.38. The zero-order valence-electron chi connectivity index (χ0n) is 9.48. The molecule has 0 bridgehead atoms. The first-order chi connectivity index (χ1) is 7.90. The third kappa shape index (κ3) is 3.07. The van der Waals surface area contributed by atoms with E-state index in [-0.39, 0.29) is 5.92 Å². The van der Waals surface area contributed by atoms with Crippen molar-refractivity contribution < 1.29 is 0 Å². The molecule has 1 aliphatic rings. The molecule has 3 heteroatoms. The Morgan fingerprint density at radius 2 is 2.25 bits per heavy atom. The van der Waals surface area contributed by atoms with Crippen LogP contribution in [0.25, 0.3) is 0 Å². The van der Waals surface area contributed by atoms with Crippen LogP contribution in [-0.2, 0) is 6.54 Å². The van der Waals surface area contributed by atoms with Crippen LogP contribution in [0.5, 0.6) is 0 Å². The summed E-state index contributed by atoms with van der Waals surface area (Å²) in [5, 5.41) is 17.0. The molecule has 0 aromatic carbocycles. The van der Waals surface area contributed by atoms with Gasteiger partial charge in [-0.3, -0.25) is 0 Å². The summed E-state index contributed by atoms with van der Waals surface area (Å²) in [6, 6.07) is 5.01. The Hall–Kier alpha value is -0.850. The van der Waals surface area contributed by atoms with Crippen LogP contribution in [0, 0.1) is 17.2 Å². The van der Waals surface area contributed by atoms with Gasteiger partial charge in [0.2, 0.25) is 0 Å². The van der Waals surface area contributed by atoms with Crippen molar-refractivity contribution in [1.29, 1.82) is 5.26 Å². The number of thiophene rings is 1. The second-order valence-electron chi connectivity index (χ2n) is 4.49. The van der Waals surface area contributed by atoms with Crippen molar-refractivity contribution in [2.24, 2.45) is 5.92 Å². The van der Waals surface area contributed by atoms with Crippen LogP contribution < -0.4 is 5.32 Å². The predicted molar refractivity (Wildman–Crippen MR) is 67.1 cm³/mol. The van der Waals surface area contributed by atoms with Gasteiger partial charge in [-0.25, -0.2) is 0 Å². The molecular weight excluding hydrogens is 216 g/mol. The molecule has 0 aliphatic heterocycles. The normalized spacial score (nSPS) is 25.9. The first kappa shape index (κ1) is 11.6. The van der Waals surface area contributed by atoms with Gasteiger partial charge in [0, 0.05) is 12.6 Å². The topological polar surface area (TPSA) is 35.8 Å². The molecule has 1 N–H and O–H groups in total. The predicted octanol–water partition coefficient (Wildman–Crippen LogP) is 3.31. The Morgan fingerprint density at radius 1 is 1.38 bits per heavy atom. The van der Waals surface area contributed by atoms with E-state index < -0.39 is 0 Å². The lowest BCUT2D eigenvalue weighted by Crippen LogP contribution is -2.34. The highest BCUT2D eigenvalue weighted by Crippen LogP contribution is 2.23. The Labute approximate surface area is 101 Å². The molecule has 2 atom stereocenters. The van der Waals surface area contributed by atoms with Gasteiger partial charge in [-0.2, -0.15) is 16.6 Å². The van der Waals surface area contributed by atoms with Crippen LogP contribution in [0.4, 0.5) is 0 Å². The molecule has 86 valence electrons. The van der Waals surface area contributed by atoms with Gasteiger partial charge in [-0.15, -0.1) is 0 Å². The van der Waals surface area contributed by atoms with Gasteiger partial charge < -0.3 is 5.32 Å². The second kappa shape index (κ2) is 6.03. The monoisotopic (exact) mass is 234 g/mol. The minimum Gasteiger partial charge on any atom is -0.309 e. The van der Waals surface area contributed by atoms with Crippen molar-refractivity contribution in [2.45, 2.75) is 44.7 Å². The first-order valence-corrected chi connectivity index (χ1v) is 6.98. The van der Waals surface area contributed by atoms with Crippen LogP contribution >= 0.6 is 11.3 Å². The smallest absolute Gasteiger partial charge is 0.0672 e. The van der Waals surface area contributed by atoms with E-state index in [1.165, 1.54) is 24.8 Å². The maximum Gasteiger partial charge on any atom is 0.0672 e. The fourth-order valence-corrected chi connectivity index (χ4v) is 3.02. The van der Waals surface area contributed by atoms with Gasteiger partial charge >= 0.3 is 0 Å². The van der Waals surface area contributed by atoms with Crippen LogP contribution in [0.15, 0.2) is 16.8 Å². The van der Waals surface area contributed by atoms with Crippen molar-refractivity contribution >= 4 is 11.3 Å². The minimum absolute atomic E-state index is 0.209. The molecule has 1 fully saturated rings. The second-order valence-corrected chi connectivity index (χ2v) is 5.27. The molecule has 2 rings (SSSR count). The molecule has 2 nitrogen and oxygen atoms in total. The zero-order valence-corrected chi connectivity index (χ0v) is 10.3. The van der Waals surface area contributed by atoms with Gasteiger partial charge in [0.05, 0.1) is 12.0 Å². The highest BCUT2D eigenvalue weighted by molar-refractivity contribution is 7.07. The van der Waals surface area contributed by atoms with E-state index in [0.717, 1.165) is 19.4 Å². The summed E-state index contributed by atoms with van der Waals surface area (Å²) in [5.74, 6) is 0.209. The molecule has 0 radical (unpaired) electrons. The number of hydrogen-bond donors (Lipinski definition) is 1. The summed E-state index contributed by atoms with van der Waals surface area (Å²) in [4.78, 5) is 0. The van der Waals surface area contributed by atoms with Gasteiger partial charge in [-0.05, 0) is 35.2 Å². The molecule has 1 aliphatic carbocycles. The van der Waals surface area contributed by atoms with Crippen LogP contribution in [0.2, 0.25) is 0 Å². The third-order valence-electron chi connectivity index (χ3n) is 3.33. The highest BCUT2D eigenvalue weighted by atomic mass is 32.1. The van der Waals surface area contributed by atoms with Gasteiger partial charge in [-0.1, -0.05) is 19.3 Å². The van der Waals surface area contributed by atoms with E-state index in [1.54, 1.807) is 11.3 Å². The summed E-state index contributed by atoms with van der Waals surface area (Å²) in [6.45, 7) is 0.909. The van der Waals surface area contributed by atoms with Gasteiger partial charge in [0.1, 0.15) is 0 Å². The van der Waals surface area contributed by atoms with Gasteiger partial charge in [0.25, 0.3) is 0 Å². The maximum absolute atomic E-state index is 9.16. The standard InChI is InChI=1S/C13H18N2S/c14-8-12-4-2-1-3-5-13(12)15-9-11-6-7-16-10-11/h6-7,10,12-13,15H,1-5,9H2. The van der Waals surface area contributed by atoms with E-state index in [9.17, 15) is 0 Å². The van der Waals surface area contributed by atoms with Crippen molar-refractivity contribution in [2.75, 3.05) is 0 Å². The molecule has 1 saturated carbocycles. The number of nitriles is 1. The third-order valence-corrected chi connectivity index (χ3v) is 4.06. The Balaban J connectivity index is 1.88. The number of hydrogen-bond acceptors (Lipinski definition) is 3. The van der Waals surface area contributed by atoms with Gasteiger partial charge in [0.15, 0.2) is 0 Å². The first-order valence-electron chi connectivity index (χ1n) is 6.04. The maximum atomic E-state index is 9.16. The molecule has 16 heavy (non-hydrogen) atoms. The minimum atomic E-state index is 0.209. The van der Waals surface area contributed by atoms with Crippen LogP contribution in [0.1, 0.15) is 37.7 Å². The molecule has 1 aromatic heterocycles. The molecular formula is C13H18N2S. The molecule has 0 spiro atoms. The largest absolute Gasteiger partial charge is 0.309 e. The van der Waals surface area contributed by atoms with E-state index in [2.05, 4.69) is 28.2 Å². The lowest BCUT2D eigenvalue weighted by Gasteiger charge is -2.20. The van der Waals surface area contributed by atoms with E-state index in [1.807, 2.05) is 0 Å². The van der Waals surface area contributed by atoms with Crippen molar-refractivity contribution in [3.8, 4) is 6.07 Å². The van der Waals surface area contributed by atoms with Crippen molar-refractivity contribution in [3.63, 3.8) is 0 Å². The summed E-state index contributed by atoms with van der Waals surface area (Å²) in [5.41, 5.74) is 1.34. The quantitative estimate of drug-likeness (QED) is 0.814. The summed E-state index contributed by atoms with van der Waals surface area (Å²) >= 11 is 1.73. The lowest BCUT2D eigenvalue weighted by atomic mass is 9.96. The number of nitrogens with zero attached hydrogens (tertiary/aromatic N) is 1. The van der Waals surface area contributed by atoms with Crippen molar-refractivity contribution in [3.05, 3.63) is 22.4 Å². The fourth-order valence-electron chi connectivity index (χ4n) is 2.35. The Bertz CT molecular complexity index is 339. The molecule has 0 amide bonds. The highest BCUT2D eigenvalue weighted by Gasteiger charge is 2.22. The van der Waals surface area contributed by atoms with E-state index in [4.69, 9.17) is 5.26 Å². The fraction of sp³-hybridized carbons (Fsp3) is 0.615. The zero-order chi connectivity index (χ0) is 11.2. The number of rotatable bonds is 3. The Morgan fingerprint density at radius 3 is 3.00 bits per heavy atom.